The molecule has 21 heavy (non-hydrogen) atoms. The van der Waals surface area contributed by atoms with Crippen molar-refractivity contribution < 1.29 is 4.79 Å². The molecule has 0 saturated heterocycles. The van der Waals surface area contributed by atoms with Crippen molar-refractivity contribution in [2.45, 2.75) is 0 Å². The Balaban J connectivity index is 1.93. The van der Waals surface area contributed by atoms with Gasteiger partial charge in [0, 0.05) is 34.0 Å². The van der Waals surface area contributed by atoms with E-state index in [1.165, 1.54) is 0 Å². The number of pyridine rings is 1. The van der Waals surface area contributed by atoms with Crippen LogP contribution in [0.5, 0.6) is 0 Å². The second-order valence-corrected chi connectivity index (χ2v) is 4.98. The molecule has 1 aliphatic rings. The zero-order valence-electron chi connectivity index (χ0n) is 11.2. The largest absolute Gasteiger partial charge is 0.321 e. The molecule has 0 radical (unpaired) electrons. The molecule has 0 unspecified atom stereocenters. The molecular weight excluding hydrogens is 260 g/mol. The van der Waals surface area contributed by atoms with Crippen molar-refractivity contribution >= 4 is 34.1 Å². The molecule has 1 aromatic heterocycles. The van der Waals surface area contributed by atoms with Crippen LogP contribution in [0.2, 0.25) is 0 Å². The summed E-state index contributed by atoms with van der Waals surface area (Å²) in [6, 6.07) is 17.6. The van der Waals surface area contributed by atoms with Crippen molar-refractivity contribution in [1.29, 1.82) is 0 Å². The number of hydrogen-bond acceptors (Lipinski definition) is 2. The van der Waals surface area contributed by atoms with Gasteiger partial charge in [-0.1, -0.05) is 42.5 Å². The lowest BCUT2D eigenvalue weighted by Crippen LogP contribution is -2.03. The maximum absolute atomic E-state index is 12.2. The number of benzene rings is 2. The molecular formula is C18H12N2O. The van der Waals surface area contributed by atoms with Crippen LogP contribution < -0.4 is 5.32 Å². The minimum Gasteiger partial charge on any atom is -0.321 e. The quantitative estimate of drug-likeness (QED) is 0.686. The molecule has 3 aromatic rings. The van der Waals surface area contributed by atoms with E-state index in [0.717, 1.165) is 27.7 Å². The van der Waals surface area contributed by atoms with Crippen LogP contribution in [0.1, 0.15) is 11.1 Å². The highest BCUT2D eigenvalue weighted by molar-refractivity contribution is 6.35. The average Bonchev–Trinajstić information content (AvgIpc) is 2.84. The Morgan fingerprint density at radius 2 is 1.81 bits per heavy atom. The number of rotatable bonds is 1. The Labute approximate surface area is 122 Å². The molecule has 1 amide bonds. The van der Waals surface area contributed by atoms with E-state index in [4.69, 9.17) is 0 Å². The number of carbonyl (C=O) groups is 1. The Hall–Kier alpha value is -2.94. The number of fused-ring (bicyclic) bond motifs is 2. The van der Waals surface area contributed by atoms with E-state index < -0.39 is 0 Å². The lowest BCUT2D eigenvalue weighted by atomic mass is 10.0. The van der Waals surface area contributed by atoms with Gasteiger partial charge in [-0.15, -0.1) is 0 Å². The van der Waals surface area contributed by atoms with Crippen molar-refractivity contribution in [3.8, 4) is 0 Å². The van der Waals surface area contributed by atoms with Gasteiger partial charge in [0.25, 0.3) is 5.91 Å². The summed E-state index contributed by atoms with van der Waals surface area (Å²) in [6.07, 6.45) is 3.68. The highest BCUT2D eigenvalue weighted by Gasteiger charge is 2.23. The zero-order chi connectivity index (χ0) is 14.2. The Morgan fingerprint density at radius 1 is 0.952 bits per heavy atom. The first-order chi connectivity index (χ1) is 10.3. The highest BCUT2D eigenvalue weighted by Crippen LogP contribution is 2.33. The predicted molar refractivity (Wildman–Crippen MR) is 84.7 cm³/mol. The van der Waals surface area contributed by atoms with Gasteiger partial charge in [-0.05, 0) is 18.2 Å². The second-order valence-electron chi connectivity index (χ2n) is 4.98. The van der Waals surface area contributed by atoms with Crippen LogP contribution in [-0.2, 0) is 4.79 Å². The normalized spacial score (nSPS) is 15.2. The minimum atomic E-state index is -0.0656. The summed E-state index contributed by atoms with van der Waals surface area (Å²) in [5, 5.41) is 3.96. The molecule has 0 fully saturated rings. The average molecular weight is 272 g/mol. The van der Waals surface area contributed by atoms with Gasteiger partial charge in [-0.3, -0.25) is 9.78 Å². The summed E-state index contributed by atoms with van der Waals surface area (Å²) < 4.78 is 0. The number of anilines is 1. The number of nitrogens with zero attached hydrogens (tertiary/aromatic N) is 1. The van der Waals surface area contributed by atoms with Crippen LogP contribution in [-0.4, -0.2) is 10.9 Å². The first-order valence-corrected chi connectivity index (χ1v) is 6.79. The van der Waals surface area contributed by atoms with Crippen LogP contribution in [0, 0.1) is 0 Å². The Bertz CT molecular complexity index is 891. The maximum atomic E-state index is 12.2. The number of aromatic nitrogens is 1. The molecule has 100 valence electrons. The standard InChI is InChI=1S/C18H12N2O/c21-18-15(14-8-1-2-9-16(14)20-18)11-13-6-3-5-12-7-4-10-19-17(12)13/h1-11H,(H,20,21). The Kier molecular flexibility index (Phi) is 2.57. The fraction of sp³-hybridized carbons (Fsp3) is 0. The lowest BCUT2D eigenvalue weighted by Gasteiger charge is -2.02. The molecule has 0 bridgehead atoms. The first-order valence-electron chi connectivity index (χ1n) is 6.79. The molecule has 1 aliphatic heterocycles. The monoisotopic (exact) mass is 272 g/mol. The van der Waals surface area contributed by atoms with Gasteiger partial charge in [-0.25, -0.2) is 0 Å². The van der Waals surface area contributed by atoms with Crippen LogP contribution in [0.3, 0.4) is 0 Å². The summed E-state index contributed by atoms with van der Waals surface area (Å²) in [5.74, 6) is -0.0656. The van der Waals surface area contributed by atoms with Gasteiger partial charge in [0.05, 0.1) is 5.52 Å². The molecule has 0 saturated carbocycles. The summed E-state index contributed by atoms with van der Waals surface area (Å²) in [4.78, 5) is 16.6. The lowest BCUT2D eigenvalue weighted by molar-refractivity contribution is -0.110. The summed E-state index contributed by atoms with van der Waals surface area (Å²) in [5.41, 5.74) is 4.35. The summed E-state index contributed by atoms with van der Waals surface area (Å²) in [7, 11) is 0. The minimum absolute atomic E-state index is 0.0656. The van der Waals surface area contributed by atoms with Crippen LogP contribution in [0.25, 0.3) is 22.6 Å². The smallest absolute Gasteiger partial charge is 0.256 e. The van der Waals surface area contributed by atoms with Gasteiger partial charge in [0.2, 0.25) is 0 Å². The molecule has 2 aromatic carbocycles. The fourth-order valence-corrected chi connectivity index (χ4v) is 2.68. The van der Waals surface area contributed by atoms with E-state index in [2.05, 4.69) is 10.3 Å². The number of para-hydroxylation sites is 2. The van der Waals surface area contributed by atoms with Gasteiger partial charge < -0.3 is 5.32 Å². The van der Waals surface area contributed by atoms with E-state index in [0.29, 0.717) is 5.57 Å². The maximum Gasteiger partial charge on any atom is 0.256 e. The van der Waals surface area contributed by atoms with E-state index in [9.17, 15) is 4.79 Å². The molecule has 4 rings (SSSR count). The number of amides is 1. The second kappa shape index (κ2) is 4.56. The Morgan fingerprint density at radius 3 is 2.76 bits per heavy atom. The fourth-order valence-electron chi connectivity index (χ4n) is 2.68. The van der Waals surface area contributed by atoms with E-state index in [1.54, 1.807) is 6.20 Å². The van der Waals surface area contributed by atoms with Gasteiger partial charge in [0.15, 0.2) is 0 Å². The van der Waals surface area contributed by atoms with Gasteiger partial charge >= 0.3 is 0 Å². The molecule has 0 atom stereocenters. The molecule has 1 N–H and O–H groups in total. The van der Waals surface area contributed by atoms with Gasteiger partial charge in [0.1, 0.15) is 0 Å². The third kappa shape index (κ3) is 1.91. The molecule has 3 heteroatoms. The van der Waals surface area contributed by atoms with Crippen LogP contribution in [0.15, 0.2) is 60.8 Å². The SMILES string of the molecule is O=C1Nc2ccccc2C1=Cc1cccc2cccnc12. The number of nitrogens with one attached hydrogen (secondary N) is 1. The van der Waals surface area contributed by atoms with Crippen molar-refractivity contribution in [2.24, 2.45) is 0 Å². The molecule has 0 spiro atoms. The van der Waals surface area contributed by atoms with Crippen molar-refractivity contribution in [3.63, 3.8) is 0 Å². The predicted octanol–water partition coefficient (Wildman–Crippen LogP) is 3.73. The van der Waals surface area contributed by atoms with Crippen LogP contribution in [0.4, 0.5) is 5.69 Å². The van der Waals surface area contributed by atoms with Crippen LogP contribution >= 0.6 is 0 Å². The topological polar surface area (TPSA) is 42.0 Å². The van der Waals surface area contributed by atoms with E-state index >= 15 is 0 Å². The summed E-state index contributed by atoms with van der Waals surface area (Å²) >= 11 is 0. The molecule has 0 aliphatic carbocycles. The zero-order valence-corrected chi connectivity index (χ0v) is 11.2. The van der Waals surface area contributed by atoms with E-state index in [-0.39, 0.29) is 5.91 Å². The van der Waals surface area contributed by atoms with E-state index in [1.807, 2.05) is 60.7 Å². The van der Waals surface area contributed by atoms with Crippen molar-refractivity contribution in [3.05, 3.63) is 71.9 Å². The van der Waals surface area contributed by atoms with Crippen molar-refractivity contribution in [2.75, 3.05) is 5.32 Å². The highest BCUT2D eigenvalue weighted by atomic mass is 16.2. The molecule has 3 nitrogen and oxygen atoms in total. The summed E-state index contributed by atoms with van der Waals surface area (Å²) in [6.45, 7) is 0. The van der Waals surface area contributed by atoms with Gasteiger partial charge in [-0.2, -0.15) is 0 Å². The third-order valence-electron chi connectivity index (χ3n) is 3.67. The number of carbonyl (C=O) groups excluding carboxylic acids is 1. The first kappa shape index (κ1) is 11.9. The number of hydrogen-bond donors (Lipinski definition) is 1. The van der Waals surface area contributed by atoms with Crippen molar-refractivity contribution in [1.82, 2.24) is 4.98 Å². The molecule has 2 heterocycles. The third-order valence-corrected chi connectivity index (χ3v) is 3.67.